The fourth-order valence-electron chi connectivity index (χ4n) is 2.33. The SMILES string of the molecule is O=C(NO)C(NS(=O)(=O)c1ccc(F)cc1)C1CCOCC1. The molecule has 2 rings (SSSR count). The molecule has 1 aromatic rings. The van der Waals surface area contributed by atoms with Crippen molar-refractivity contribution < 1.29 is 27.5 Å². The second-order valence-corrected chi connectivity index (χ2v) is 6.69. The van der Waals surface area contributed by atoms with Gasteiger partial charge in [0.1, 0.15) is 11.9 Å². The Balaban J connectivity index is 2.21. The molecule has 1 aromatic carbocycles. The average molecular weight is 332 g/mol. The Hall–Kier alpha value is -1.55. The van der Waals surface area contributed by atoms with Gasteiger partial charge >= 0.3 is 0 Å². The van der Waals surface area contributed by atoms with Gasteiger partial charge in [0.25, 0.3) is 5.91 Å². The Labute approximate surface area is 127 Å². The van der Waals surface area contributed by atoms with Crippen LogP contribution in [-0.4, -0.2) is 38.8 Å². The van der Waals surface area contributed by atoms with Crippen molar-refractivity contribution in [2.75, 3.05) is 13.2 Å². The van der Waals surface area contributed by atoms with Gasteiger partial charge in [-0.05, 0) is 43.0 Å². The van der Waals surface area contributed by atoms with E-state index in [1.54, 1.807) is 0 Å². The summed E-state index contributed by atoms with van der Waals surface area (Å²) in [6.45, 7) is 0.830. The molecule has 0 bridgehead atoms. The molecule has 1 fully saturated rings. The van der Waals surface area contributed by atoms with Crippen molar-refractivity contribution in [3.8, 4) is 0 Å². The van der Waals surface area contributed by atoms with E-state index in [-0.39, 0.29) is 10.8 Å². The Morgan fingerprint density at radius 1 is 1.27 bits per heavy atom. The highest BCUT2D eigenvalue weighted by atomic mass is 32.2. The van der Waals surface area contributed by atoms with Crippen LogP contribution >= 0.6 is 0 Å². The highest BCUT2D eigenvalue weighted by molar-refractivity contribution is 7.89. The van der Waals surface area contributed by atoms with E-state index in [0.29, 0.717) is 26.1 Å². The molecular formula is C13H17FN2O5S. The minimum absolute atomic E-state index is 0.156. The molecule has 1 aliphatic rings. The number of rotatable bonds is 5. The van der Waals surface area contributed by atoms with Crippen LogP contribution in [-0.2, 0) is 19.6 Å². The lowest BCUT2D eigenvalue weighted by Crippen LogP contribution is -2.51. The zero-order valence-electron chi connectivity index (χ0n) is 11.7. The molecule has 3 N–H and O–H groups in total. The summed E-state index contributed by atoms with van der Waals surface area (Å²) in [7, 11) is -4.01. The van der Waals surface area contributed by atoms with Gasteiger partial charge in [-0.3, -0.25) is 10.0 Å². The molecule has 1 amide bonds. The number of carbonyl (C=O) groups excluding carboxylic acids is 1. The fourth-order valence-corrected chi connectivity index (χ4v) is 3.60. The number of carbonyl (C=O) groups is 1. The summed E-state index contributed by atoms with van der Waals surface area (Å²) < 4.78 is 44.9. The van der Waals surface area contributed by atoms with Crippen molar-refractivity contribution >= 4 is 15.9 Å². The monoisotopic (exact) mass is 332 g/mol. The van der Waals surface area contributed by atoms with Gasteiger partial charge in [0.15, 0.2) is 0 Å². The molecule has 1 atom stereocenters. The second-order valence-electron chi connectivity index (χ2n) is 4.98. The Morgan fingerprint density at radius 3 is 2.41 bits per heavy atom. The summed E-state index contributed by atoms with van der Waals surface area (Å²) in [5, 5.41) is 8.82. The number of benzene rings is 1. The van der Waals surface area contributed by atoms with E-state index >= 15 is 0 Å². The summed E-state index contributed by atoms with van der Waals surface area (Å²) in [6.07, 6.45) is 0.980. The van der Waals surface area contributed by atoms with E-state index in [2.05, 4.69) is 4.72 Å². The molecule has 9 heteroatoms. The van der Waals surface area contributed by atoms with Gasteiger partial charge in [0.05, 0.1) is 4.90 Å². The number of ether oxygens (including phenoxy) is 1. The van der Waals surface area contributed by atoms with Crippen LogP contribution in [0.5, 0.6) is 0 Å². The lowest BCUT2D eigenvalue weighted by atomic mass is 9.92. The van der Waals surface area contributed by atoms with Gasteiger partial charge in [0.2, 0.25) is 10.0 Å². The van der Waals surface area contributed by atoms with E-state index in [0.717, 1.165) is 24.3 Å². The standard InChI is InChI=1S/C13H17FN2O5S/c14-10-1-3-11(4-2-10)22(19,20)16-12(13(17)15-18)9-5-7-21-8-6-9/h1-4,9,12,16,18H,5-8H2,(H,15,17). The van der Waals surface area contributed by atoms with E-state index in [1.165, 1.54) is 5.48 Å². The maximum Gasteiger partial charge on any atom is 0.261 e. The molecule has 0 aromatic heterocycles. The first-order valence-electron chi connectivity index (χ1n) is 6.73. The summed E-state index contributed by atoms with van der Waals surface area (Å²) in [5.41, 5.74) is 1.48. The highest BCUT2D eigenvalue weighted by Crippen LogP contribution is 2.21. The summed E-state index contributed by atoms with van der Waals surface area (Å²) >= 11 is 0. The van der Waals surface area contributed by atoms with Crippen molar-refractivity contribution in [3.05, 3.63) is 30.1 Å². The molecule has 122 valence electrons. The van der Waals surface area contributed by atoms with Crippen molar-refractivity contribution in [1.82, 2.24) is 10.2 Å². The molecule has 1 saturated heterocycles. The Bertz CT molecular complexity index is 614. The number of nitrogens with one attached hydrogen (secondary N) is 2. The first-order chi connectivity index (χ1) is 10.4. The number of halogens is 1. The van der Waals surface area contributed by atoms with Gasteiger partial charge in [-0.25, -0.2) is 18.3 Å². The minimum Gasteiger partial charge on any atom is -0.381 e. The van der Waals surface area contributed by atoms with Crippen molar-refractivity contribution in [3.63, 3.8) is 0 Å². The largest absolute Gasteiger partial charge is 0.381 e. The molecule has 0 saturated carbocycles. The molecule has 1 aliphatic heterocycles. The van der Waals surface area contributed by atoms with Gasteiger partial charge in [-0.1, -0.05) is 0 Å². The van der Waals surface area contributed by atoms with Crippen LogP contribution in [0, 0.1) is 11.7 Å². The zero-order chi connectivity index (χ0) is 16.2. The quantitative estimate of drug-likeness (QED) is 0.535. The van der Waals surface area contributed by atoms with Crippen LogP contribution in [0.4, 0.5) is 4.39 Å². The van der Waals surface area contributed by atoms with Crippen molar-refractivity contribution in [1.29, 1.82) is 0 Å². The number of amides is 1. The van der Waals surface area contributed by atoms with E-state index < -0.39 is 27.8 Å². The number of hydroxylamine groups is 1. The van der Waals surface area contributed by atoms with Crippen LogP contribution in [0.2, 0.25) is 0 Å². The van der Waals surface area contributed by atoms with Gasteiger partial charge in [-0.15, -0.1) is 0 Å². The molecule has 1 unspecified atom stereocenters. The van der Waals surface area contributed by atoms with Gasteiger partial charge in [-0.2, -0.15) is 4.72 Å². The Morgan fingerprint density at radius 2 is 1.86 bits per heavy atom. The van der Waals surface area contributed by atoms with Crippen LogP contribution < -0.4 is 10.2 Å². The number of sulfonamides is 1. The predicted molar refractivity (Wildman–Crippen MR) is 74.0 cm³/mol. The number of hydrogen-bond acceptors (Lipinski definition) is 5. The first-order valence-corrected chi connectivity index (χ1v) is 8.22. The normalized spacial score (nSPS) is 17.9. The second kappa shape index (κ2) is 7.14. The third kappa shape index (κ3) is 4.01. The molecule has 0 radical (unpaired) electrons. The van der Waals surface area contributed by atoms with Crippen molar-refractivity contribution in [2.45, 2.75) is 23.8 Å². The van der Waals surface area contributed by atoms with Gasteiger partial charge in [0, 0.05) is 13.2 Å². The fraction of sp³-hybridized carbons (Fsp3) is 0.462. The predicted octanol–water partition coefficient (Wildman–Crippen LogP) is 0.405. The van der Waals surface area contributed by atoms with Crippen LogP contribution in [0.25, 0.3) is 0 Å². The zero-order valence-corrected chi connectivity index (χ0v) is 12.5. The van der Waals surface area contributed by atoms with Crippen LogP contribution in [0.3, 0.4) is 0 Å². The van der Waals surface area contributed by atoms with Crippen LogP contribution in [0.1, 0.15) is 12.8 Å². The van der Waals surface area contributed by atoms with E-state index in [1.807, 2.05) is 0 Å². The molecule has 22 heavy (non-hydrogen) atoms. The molecule has 1 heterocycles. The number of hydrogen-bond donors (Lipinski definition) is 3. The minimum atomic E-state index is -4.01. The van der Waals surface area contributed by atoms with Crippen molar-refractivity contribution in [2.24, 2.45) is 5.92 Å². The third-order valence-corrected chi connectivity index (χ3v) is 4.99. The van der Waals surface area contributed by atoms with Gasteiger partial charge < -0.3 is 4.74 Å². The summed E-state index contributed by atoms with van der Waals surface area (Å²) in [4.78, 5) is 11.6. The maximum atomic E-state index is 12.9. The maximum absolute atomic E-state index is 12.9. The average Bonchev–Trinajstić information content (AvgIpc) is 2.53. The van der Waals surface area contributed by atoms with E-state index in [9.17, 15) is 17.6 Å². The lowest BCUT2D eigenvalue weighted by Gasteiger charge is -2.29. The molecule has 0 spiro atoms. The molecular weight excluding hydrogens is 315 g/mol. The van der Waals surface area contributed by atoms with Crippen LogP contribution in [0.15, 0.2) is 29.2 Å². The topological polar surface area (TPSA) is 105 Å². The van der Waals surface area contributed by atoms with E-state index in [4.69, 9.17) is 9.94 Å². The molecule has 7 nitrogen and oxygen atoms in total. The Kier molecular flexibility index (Phi) is 5.46. The lowest BCUT2D eigenvalue weighted by molar-refractivity contribution is -0.133. The third-order valence-electron chi connectivity index (χ3n) is 3.54. The smallest absolute Gasteiger partial charge is 0.261 e. The summed E-state index contributed by atoms with van der Waals surface area (Å²) in [5.74, 6) is -1.69. The molecule has 0 aliphatic carbocycles. The summed E-state index contributed by atoms with van der Waals surface area (Å²) in [6, 6.07) is 3.13. The highest BCUT2D eigenvalue weighted by Gasteiger charge is 2.33. The first kappa shape index (κ1) is 16.8.